The molecule has 7 heteroatoms. The van der Waals surface area contributed by atoms with Gasteiger partial charge in [0.25, 0.3) is 0 Å². The van der Waals surface area contributed by atoms with Crippen molar-refractivity contribution in [1.82, 2.24) is 0 Å². The van der Waals surface area contributed by atoms with Crippen LogP contribution in [0.2, 0.25) is 0 Å². The van der Waals surface area contributed by atoms with Gasteiger partial charge < -0.3 is 24.5 Å². The van der Waals surface area contributed by atoms with Crippen molar-refractivity contribution in [2.45, 2.75) is 198 Å². The van der Waals surface area contributed by atoms with Crippen molar-refractivity contribution in [2.24, 2.45) is 5.92 Å². The van der Waals surface area contributed by atoms with Crippen LogP contribution in [0.3, 0.4) is 0 Å². The topological polar surface area (TPSA) is 110 Å². The van der Waals surface area contributed by atoms with Gasteiger partial charge >= 0.3 is 5.97 Å². The van der Waals surface area contributed by atoms with Gasteiger partial charge in [-0.15, -0.1) is 0 Å². The van der Waals surface area contributed by atoms with Gasteiger partial charge in [0.2, 0.25) is 0 Å². The maximum atomic E-state index is 12.3. The molecule has 2 aliphatic rings. The lowest BCUT2D eigenvalue weighted by molar-refractivity contribution is -0.145. The van der Waals surface area contributed by atoms with Gasteiger partial charge in [0, 0.05) is 19.3 Å². The van der Waals surface area contributed by atoms with E-state index >= 15 is 0 Å². The number of carbonyl (C=O) groups is 3. The number of aliphatic hydroxyl groups is 2. The van der Waals surface area contributed by atoms with Crippen LogP contribution in [0.25, 0.3) is 0 Å². The van der Waals surface area contributed by atoms with Crippen molar-refractivity contribution < 1.29 is 34.1 Å². The van der Waals surface area contributed by atoms with E-state index in [1.54, 1.807) is 0 Å². The van der Waals surface area contributed by atoms with Gasteiger partial charge in [0.05, 0.1) is 30.3 Å². The fourth-order valence-electron chi connectivity index (χ4n) is 6.61. The molecule has 1 unspecified atom stereocenters. The molecule has 0 spiro atoms. The molecule has 2 heterocycles. The van der Waals surface area contributed by atoms with E-state index in [0.29, 0.717) is 32.1 Å². The maximum absolute atomic E-state index is 12.3. The first kappa shape index (κ1) is 38.6. The largest absolute Gasteiger partial charge is 0.462 e. The third-order valence-electron chi connectivity index (χ3n) is 9.35. The van der Waals surface area contributed by atoms with Crippen molar-refractivity contribution in [1.29, 1.82) is 0 Å². The lowest BCUT2D eigenvalue weighted by atomic mass is 9.96. The van der Waals surface area contributed by atoms with Crippen LogP contribution in [0.15, 0.2) is 12.2 Å². The molecule has 254 valence electrons. The second-order valence-corrected chi connectivity index (χ2v) is 13.5. The average molecular weight is 621 g/mol. The third kappa shape index (κ3) is 17.2. The first-order chi connectivity index (χ1) is 21.3. The lowest BCUT2D eigenvalue weighted by Gasteiger charge is -2.22. The van der Waals surface area contributed by atoms with Gasteiger partial charge in [0.15, 0.2) is 0 Å². The molecule has 6 atom stereocenters. The minimum atomic E-state index is -0.519. The van der Waals surface area contributed by atoms with E-state index in [2.05, 4.69) is 19.1 Å². The minimum Gasteiger partial charge on any atom is -0.462 e. The zero-order chi connectivity index (χ0) is 32.0. The van der Waals surface area contributed by atoms with E-state index in [4.69, 9.17) is 9.47 Å². The van der Waals surface area contributed by atoms with Crippen LogP contribution in [0.1, 0.15) is 168 Å². The summed E-state index contributed by atoms with van der Waals surface area (Å²) in [5.74, 6) is -0.271. The molecule has 44 heavy (non-hydrogen) atoms. The molecule has 0 aromatic heterocycles. The zero-order valence-electron chi connectivity index (χ0n) is 28.0. The van der Waals surface area contributed by atoms with Crippen LogP contribution in [-0.4, -0.2) is 58.3 Å². The van der Waals surface area contributed by atoms with Crippen molar-refractivity contribution in [3.05, 3.63) is 12.2 Å². The van der Waals surface area contributed by atoms with Crippen molar-refractivity contribution in [3.63, 3.8) is 0 Å². The first-order valence-corrected chi connectivity index (χ1v) is 18.2. The summed E-state index contributed by atoms with van der Waals surface area (Å²) < 4.78 is 11.4. The summed E-state index contributed by atoms with van der Waals surface area (Å²) in [6.45, 7) is 3.76. The van der Waals surface area contributed by atoms with Crippen LogP contribution in [0.4, 0.5) is 0 Å². The molecule has 2 N–H and O–H groups in total. The molecule has 2 saturated heterocycles. The average Bonchev–Trinajstić information content (AvgIpc) is 3.62. The van der Waals surface area contributed by atoms with Gasteiger partial charge in [0.1, 0.15) is 17.7 Å². The Morgan fingerprint density at radius 2 is 1.39 bits per heavy atom. The number of carbonyl (C=O) groups excluding carboxylic acids is 3. The number of aliphatic hydroxyl groups excluding tert-OH is 2. The van der Waals surface area contributed by atoms with Crippen LogP contribution >= 0.6 is 0 Å². The fraction of sp³-hybridized carbons (Fsp3) is 0.865. The summed E-state index contributed by atoms with van der Waals surface area (Å²) >= 11 is 0. The summed E-state index contributed by atoms with van der Waals surface area (Å²) in [5, 5.41) is 21.2. The summed E-state index contributed by atoms with van der Waals surface area (Å²) in [7, 11) is 0. The van der Waals surface area contributed by atoms with Crippen molar-refractivity contribution >= 4 is 17.5 Å². The van der Waals surface area contributed by atoms with E-state index in [0.717, 1.165) is 64.2 Å². The highest BCUT2D eigenvalue weighted by molar-refractivity contribution is 5.83. The predicted octanol–water partition coefficient (Wildman–Crippen LogP) is 8.11. The van der Waals surface area contributed by atoms with Crippen LogP contribution in [0, 0.1) is 5.92 Å². The fourth-order valence-corrected chi connectivity index (χ4v) is 6.61. The number of Topliss-reactive ketones (excluding diaryl/α,β-unsaturated/α-hetero) is 2. The highest BCUT2D eigenvalue weighted by Crippen LogP contribution is 2.29. The second kappa shape index (κ2) is 23.7. The Balaban J connectivity index is 1.42. The molecule has 0 aromatic carbocycles. The van der Waals surface area contributed by atoms with Gasteiger partial charge in [-0.25, -0.2) is 0 Å². The molecule has 2 rings (SSSR count). The Labute approximate surface area is 267 Å². The molecule has 2 fully saturated rings. The smallest absolute Gasteiger partial charge is 0.309 e. The summed E-state index contributed by atoms with van der Waals surface area (Å²) in [6.07, 6.45) is 25.6. The summed E-state index contributed by atoms with van der Waals surface area (Å²) in [4.78, 5) is 35.3. The SMILES string of the molecule is CCCCCCCCCC/C=C\CC[C@@H](O)[C@H]1CC[C@H]([C@H](O)CCCCCC(=O)CCCC[C@@H]2CC(CC(C)=O)C(=O)O2)O1. The number of hydrogen-bond acceptors (Lipinski definition) is 7. The number of esters is 1. The van der Waals surface area contributed by atoms with Crippen molar-refractivity contribution in [2.75, 3.05) is 0 Å². The quantitative estimate of drug-likeness (QED) is 0.0542. The number of cyclic esters (lactones) is 1. The number of ether oxygens (including phenoxy) is 2. The van der Waals surface area contributed by atoms with E-state index < -0.39 is 12.2 Å². The molecule has 0 amide bonds. The highest BCUT2D eigenvalue weighted by atomic mass is 16.6. The number of rotatable bonds is 27. The Kier molecular flexibility index (Phi) is 20.8. The standard InChI is InChI=1S/C37H64O7/c1-3-4-5-6-7-8-9-10-11-12-13-16-23-33(40)35-25-26-36(44-35)34(41)24-17-14-15-20-31(39)21-18-19-22-32-28-30(27-29(2)38)37(42)43-32/h12-13,30,32-36,40-41H,3-11,14-28H2,1-2H3/b13-12-/t30?,32-,33-,34-,35-,36-/m1/s1. The Morgan fingerprint density at radius 3 is 2.07 bits per heavy atom. The van der Waals surface area contributed by atoms with E-state index in [1.807, 2.05) is 0 Å². The number of unbranched alkanes of at least 4 members (excludes halogenated alkanes) is 11. The molecular weight excluding hydrogens is 556 g/mol. The van der Waals surface area contributed by atoms with Crippen molar-refractivity contribution in [3.8, 4) is 0 Å². The number of ketones is 2. The summed E-state index contributed by atoms with van der Waals surface area (Å²) in [6, 6.07) is 0. The Bertz CT molecular complexity index is 825. The van der Waals surface area contributed by atoms with Crippen LogP contribution < -0.4 is 0 Å². The van der Waals surface area contributed by atoms with Gasteiger partial charge in [-0.2, -0.15) is 0 Å². The normalized spacial score (nSPS) is 23.3. The molecule has 0 aromatic rings. The molecular formula is C37H64O7. The van der Waals surface area contributed by atoms with Gasteiger partial charge in [-0.1, -0.05) is 76.9 Å². The second-order valence-electron chi connectivity index (χ2n) is 13.5. The monoisotopic (exact) mass is 620 g/mol. The third-order valence-corrected chi connectivity index (χ3v) is 9.35. The van der Waals surface area contributed by atoms with E-state index in [9.17, 15) is 24.6 Å². The Hall–Kier alpha value is -1.57. The van der Waals surface area contributed by atoms with E-state index in [-0.39, 0.29) is 48.2 Å². The summed E-state index contributed by atoms with van der Waals surface area (Å²) in [5.41, 5.74) is 0. The highest BCUT2D eigenvalue weighted by Gasteiger charge is 2.35. The molecule has 0 aliphatic carbocycles. The van der Waals surface area contributed by atoms with Gasteiger partial charge in [-0.3, -0.25) is 9.59 Å². The van der Waals surface area contributed by atoms with Crippen LogP contribution in [0.5, 0.6) is 0 Å². The number of hydrogen-bond donors (Lipinski definition) is 2. The van der Waals surface area contributed by atoms with Crippen LogP contribution in [-0.2, 0) is 23.9 Å². The molecule has 7 nitrogen and oxygen atoms in total. The lowest BCUT2D eigenvalue weighted by Crippen LogP contribution is -2.31. The molecule has 0 radical (unpaired) electrons. The van der Waals surface area contributed by atoms with E-state index in [1.165, 1.54) is 58.3 Å². The zero-order valence-corrected chi connectivity index (χ0v) is 28.0. The number of allylic oxidation sites excluding steroid dienone is 2. The molecule has 2 aliphatic heterocycles. The maximum Gasteiger partial charge on any atom is 0.309 e. The first-order valence-electron chi connectivity index (χ1n) is 18.2. The minimum absolute atomic E-state index is 0.0153. The molecule has 0 saturated carbocycles. The Morgan fingerprint density at radius 1 is 0.795 bits per heavy atom. The van der Waals surface area contributed by atoms with Gasteiger partial charge in [-0.05, 0) is 84.0 Å². The molecule has 0 bridgehead atoms. The predicted molar refractivity (Wildman–Crippen MR) is 175 cm³/mol.